The van der Waals surface area contributed by atoms with Crippen LogP contribution >= 0.6 is 0 Å². The van der Waals surface area contributed by atoms with E-state index in [0.717, 1.165) is 6.67 Å². The fourth-order valence-electron chi connectivity index (χ4n) is 5.49. The molecule has 0 unspecified atom stereocenters. The van der Waals surface area contributed by atoms with E-state index >= 15 is 0 Å². The third kappa shape index (κ3) is 2.13. The molecule has 4 aromatic carbocycles. The highest BCUT2D eigenvalue weighted by Crippen LogP contribution is 2.44. The van der Waals surface area contributed by atoms with Crippen molar-refractivity contribution in [2.75, 3.05) is 16.5 Å². The maximum atomic E-state index is 2.47. The predicted molar refractivity (Wildman–Crippen MR) is 132 cm³/mol. The van der Waals surface area contributed by atoms with E-state index in [9.17, 15) is 0 Å². The summed E-state index contributed by atoms with van der Waals surface area (Å²) in [6, 6.07) is 31.6. The Balaban J connectivity index is 1.52. The SMILES string of the molecule is CC(C)N1CN(c2ccc3c4cccc5c6ccccc6n(c3c2)c54)c2ccccc21. The smallest absolute Gasteiger partial charge is 0.0955 e. The molecule has 0 saturated carbocycles. The Labute approximate surface area is 181 Å². The minimum atomic E-state index is 0.456. The Morgan fingerprint density at radius 3 is 2.13 bits per heavy atom. The predicted octanol–water partition coefficient (Wildman–Crippen LogP) is 7.16. The van der Waals surface area contributed by atoms with Gasteiger partial charge in [0.05, 0.1) is 34.6 Å². The molecule has 0 fully saturated rings. The summed E-state index contributed by atoms with van der Waals surface area (Å²) in [7, 11) is 0. The van der Waals surface area contributed by atoms with Crippen molar-refractivity contribution in [1.82, 2.24) is 4.40 Å². The highest BCUT2D eigenvalue weighted by atomic mass is 15.4. The van der Waals surface area contributed by atoms with Gasteiger partial charge >= 0.3 is 0 Å². The Kier molecular flexibility index (Phi) is 3.25. The molecule has 0 N–H and O–H groups in total. The van der Waals surface area contributed by atoms with Gasteiger partial charge in [0.25, 0.3) is 0 Å². The maximum Gasteiger partial charge on any atom is 0.0955 e. The number of fused-ring (bicyclic) bond motifs is 7. The van der Waals surface area contributed by atoms with Crippen LogP contribution in [0.5, 0.6) is 0 Å². The van der Waals surface area contributed by atoms with Crippen LogP contribution < -0.4 is 9.80 Å². The first-order valence-corrected chi connectivity index (χ1v) is 11.0. The quantitative estimate of drug-likeness (QED) is 0.305. The number of anilines is 3. The molecule has 1 aliphatic heterocycles. The Morgan fingerprint density at radius 2 is 1.32 bits per heavy atom. The van der Waals surface area contributed by atoms with Crippen LogP contribution in [0.15, 0.2) is 84.9 Å². The van der Waals surface area contributed by atoms with Crippen molar-refractivity contribution in [2.24, 2.45) is 0 Å². The number of para-hydroxylation sites is 4. The van der Waals surface area contributed by atoms with Gasteiger partial charge in [-0.25, -0.2) is 0 Å². The molecule has 2 aromatic heterocycles. The first-order valence-electron chi connectivity index (χ1n) is 11.0. The van der Waals surface area contributed by atoms with E-state index in [1.54, 1.807) is 0 Å². The fraction of sp³-hybridized carbons (Fsp3) is 0.143. The van der Waals surface area contributed by atoms with E-state index in [0.29, 0.717) is 6.04 Å². The molecule has 0 aliphatic carbocycles. The number of hydrogen-bond acceptors (Lipinski definition) is 2. The highest BCUT2D eigenvalue weighted by molar-refractivity contribution is 6.23. The molecule has 3 nitrogen and oxygen atoms in total. The first kappa shape index (κ1) is 17.0. The second-order valence-electron chi connectivity index (χ2n) is 8.88. The lowest BCUT2D eigenvalue weighted by Gasteiger charge is -2.25. The van der Waals surface area contributed by atoms with Crippen molar-refractivity contribution in [3.8, 4) is 0 Å². The number of aromatic nitrogens is 1. The Bertz CT molecular complexity index is 1610. The zero-order valence-corrected chi connectivity index (χ0v) is 17.7. The molecule has 150 valence electrons. The van der Waals surface area contributed by atoms with Crippen LogP contribution in [-0.4, -0.2) is 17.1 Å². The van der Waals surface area contributed by atoms with Gasteiger partial charge in [-0.1, -0.05) is 54.6 Å². The van der Waals surface area contributed by atoms with Crippen LogP contribution in [0, 0.1) is 0 Å². The molecule has 0 radical (unpaired) electrons. The molecular weight excluding hydrogens is 378 g/mol. The van der Waals surface area contributed by atoms with Crippen molar-refractivity contribution >= 4 is 55.2 Å². The average Bonchev–Trinajstić information content (AvgIpc) is 3.46. The Hall–Kier alpha value is -3.72. The highest BCUT2D eigenvalue weighted by Gasteiger charge is 2.28. The summed E-state index contributed by atoms with van der Waals surface area (Å²) in [5.74, 6) is 0. The fourth-order valence-corrected chi connectivity index (χ4v) is 5.49. The summed E-state index contributed by atoms with van der Waals surface area (Å²) in [6.45, 7) is 5.41. The van der Waals surface area contributed by atoms with Gasteiger partial charge in [0.2, 0.25) is 0 Å². The van der Waals surface area contributed by atoms with Gasteiger partial charge in [-0.3, -0.25) is 0 Å². The third-order valence-electron chi connectivity index (χ3n) is 6.92. The van der Waals surface area contributed by atoms with Gasteiger partial charge in [-0.05, 0) is 44.2 Å². The van der Waals surface area contributed by atoms with Crippen molar-refractivity contribution in [1.29, 1.82) is 0 Å². The van der Waals surface area contributed by atoms with Crippen molar-refractivity contribution in [2.45, 2.75) is 19.9 Å². The lowest BCUT2D eigenvalue weighted by atomic mass is 10.1. The lowest BCUT2D eigenvalue weighted by molar-refractivity contribution is 0.709. The van der Waals surface area contributed by atoms with Gasteiger partial charge in [0.1, 0.15) is 0 Å². The number of hydrogen-bond donors (Lipinski definition) is 0. The molecule has 1 aliphatic rings. The van der Waals surface area contributed by atoms with Crippen LogP contribution in [0.4, 0.5) is 17.1 Å². The van der Waals surface area contributed by atoms with E-state index in [-0.39, 0.29) is 0 Å². The lowest BCUT2D eigenvalue weighted by Crippen LogP contribution is -2.33. The van der Waals surface area contributed by atoms with E-state index in [1.807, 2.05) is 0 Å². The third-order valence-corrected chi connectivity index (χ3v) is 6.92. The molecule has 31 heavy (non-hydrogen) atoms. The summed E-state index contributed by atoms with van der Waals surface area (Å²) in [5, 5.41) is 5.32. The minimum absolute atomic E-state index is 0.456. The molecular formula is C28H23N3. The summed E-state index contributed by atoms with van der Waals surface area (Å²) in [5.41, 5.74) is 7.75. The maximum absolute atomic E-state index is 2.47. The summed E-state index contributed by atoms with van der Waals surface area (Å²) >= 11 is 0. The van der Waals surface area contributed by atoms with Crippen molar-refractivity contribution < 1.29 is 0 Å². The normalized spacial score (nSPS) is 14.2. The Morgan fingerprint density at radius 1 is 0.645 bits per heavy atom. The largest absolute Gasteiger partial charge is 0.349 e. The molecule has 7 rings (SSSR count). The van der Waals surface area contributed by atoms with Gasteiger partial charge in [-0.15, -0.1) is 0 Å². The molecule has 6 aromatic rings. The minimum Gasteiger partial charge on any atom is -0.349 e. The van der Waals surface area contributed by atoms with Gasteiger partial charge in [-0.2, -0.15) is 0 Å². The van der Waals surface area contributed by atoms with Gasteiger partial charge in [0.15, 0.2) is 0 Å². The monoisotopic (exact) mass is 401 g/mol. The van der Waals surface area contributed by atoms with Crippen LogP contribution in [0.1, 0.15) is 13.8 Å². The standard InChI is InChI=1S/C28H23N3/c1-18(2)29-17-30(26-13-6-5-12-25(26)29)19-14-15-21-23-10-7-9-22-20-8-3-4-11-24(20)31(28(22)23)27(21)16-19/h3-16,18H,17H2,1-2H3. The topological polar surface area (TPSA) is 10.9 Å². The number of benzene rings is 4. The molecule has 3 heterocycles. The molecule has 0 atom stereocenters. The molecule has 0 spiro atoms. The summed E-state index contributed by atoms with van der Waals surface area (Å²) < 4.78 is 2.46. The van der Waals surface area contributed by atoms with Crippen LogP contribution in [0.25, 0.3) is 38.1 Å². The van der Waals surface area contributed by atoms with Gasteiger partial charge < -0.3 is 14.2 Å². The van der Waals surface area contributed by atoms with E-state index in [2.05, 4.69) is 113 Å². The van der Waals surface area contributed by atoms with Crippen molar-refractivity contribution in [3.05, 3.63) is 84.9 Å². The summed E-state index contributed by atoms with van der Waals surface area (Å²) in [4.78, 5) is 4.92. The zero-order chi connectivity index (χ0) is 20.7. The van der Waals surface area contributed by atoms with Crippen LogP contribution in [-0.2, 0) is 0 Å². The first-order chi connectivity index (χ1) is 15.2. The molecule has 0 amide bonds. The second kappa shape index (κ2) is 5.92. The average molecular weight is 402 g/mol. The van der Waals surface area contributed by atoms with E-state index in [1.165, 1.54) is 55.2 Å². The van der Waals surface area contributed by atoms with Gasteiger partial charge in [0, 0.05) is 33.3 Å². The number of nitrogens with zero attached hydrogens (tertiary/aromatic N) is 3. The summed E-state index contributed by atoms with van der Waals surface area (Å²) in [6.07, 6.45) is 0. The number of rotatable bonds is 2. The van der Waals surface area contributed by atoms with E-state index in [4.69, 9.17) is 0 Å². The molecule has 0 bridgehead atoms. The van der Waals surface area contributed by atoms with Crippen molar-refractivity contribution in [3.63, 3.8) is 0 Å². The van der Waals surface area contributed by atoms with E-state index < -0.39 is 0 Å². The zero-order valence-electron chi connectivity index (χ0n) is 17.7. The van der Waals surface area contributed by atoms with Crippen LogP contribution in [0.2, 0.25) is 0 Å². The molecule has 0 saturated heterocycles. The second-order valence-corrected chi connectivity index (χ2v) is 8.88. The molecule has 3 heteroatoms. The van der Waals surface area contributed by atoms with Crippen LogP contribution in [0.3, 0.4) is 0 Å².